The summed E-state index contributed by atoms with van der Waals surface area (Å²) in [5, 5.41) is 0. The Kier molecular flexibility index (Phi) is 11.6. The van der Waals surface area contributed by atoms with Gasteiger partial charge in [0.1, 0.15) is 11.4 Å². The molecule has 2 fully saturated rings. The highest BCUT2D eigenvalue weighted by atomic mass is 16.6. The van der Waals surface area contributed by atoms with Crippen molar-refractivity contribution in [3.05, 3.63) is 99.6 Å². The molecule has 2 bridgehead atoms. The van der Waals surface area contributed by atoms with E-state index in [4.69, 9.17) is 9.47 Å². The van der Waals surface area contributed by atoms with Crippen LogP contribution in [-0.4, -0.2) is 17.5 Å². The summed E-state index contributed by atoms with van der Waals surface area (Å²) in [5.74, 6) is 1.74. The molecule has 4 nitrogen and oxygen atoms in total. The fraction of sp³-hybridized carbons (Fsp3) is 0.565. The lowest BCUT2D eigenvalue weighted by molar-refractivity contribution is -0.00473. The number of carbonyl (C=O) groups is 2. The van der Waals surface area contributed by atoms with Gasteiger partial charge in [-0.25, -0.2) is 9.59 Å². The van der Waals surface area contributed by atoms with E-state index in [1.54, 1.807) is 35.4 Å². The first kappa shape index (κ1) is 36.4. The van der Waals surface area contributed by atoms with Crippen molar-refractivity contribution in [3.8, 4) is 5.75 Å². The molecule has 1 atom stereocenters. The van der Waals surface area contributed by atoms with Crippen molar-refractivity contribution in [2.75, 3.05) is 0 Å². The maximum Gasteiger partial charge on any atom is 0.343 e. The lowest BCUT2D eigenvalue weighted by Crippen LogP contribution is -2.28. The van der Waals surface area contributed by atoms with Crippen molar-refractivity contribution in [1.29, 1.82) is 0 Å². The first-order valence-corrected chi connectivity index (χ1v) is 19.9. The topological polar surface area (TPSA) is 52.6 Å². The minimum Gasteiger partial charge on any atom is -0.456 e. The zero-order valence-corrected chi connectivity index (χ0v) is 31.5. The van der Waals surface area contributed by atoms with Crippen LogP contribution in [0.3, 0.4) is 0 Å². The second-order valence-electron chi connectivity index (χ2n) is 16.7. The molecule has 0 heterocycles. The number of hydrogen-bond acceptors (Lipinski definition) is 4. The fourth-order valence-corrected chi connectivity index (χ4v) is 9.50. The minimum atomic E-state index is -0.564. The molecule has 2 saturated carbocycles. The van der Waals surface area contributed by atoms with Crippen molar-refractivity contribution >= 4 is 11.9 Å². The SMILES string of the molecule is CCCC(C)(C)OC(=O)c1cccc(C(=O)Oc2ccc(Cc3ccc4c(c3)C3CCC(CC3)CCC4(C)CCC)cc2C2CCCCC2)c1. The Bertz CT molecular complexity index is 1640. The molecule has 3 aromatic rings. The number of fused-ring (bicyclic) bond motifs is 4. The summed E-state index contributed by atoms with van der Waals surface area (Å²) in [6.07, 6.45) is 19.0. The monoisotopic (exact) mass is 676 g/mol. The number of esters is 2. The van der Waals surface area contributed by atoms with Crippen LogP contribution in [0.1, 0.15) is 191 Å². The summed E-state index contributed by atoms with van der Waals surface area (Å²) in [5.41, 5.74) is 7.45. The van der Waals surface area contributed by atoms with Gasteiger partial charge in [0.2, 0.25) is 0 Å². The Labute approximate surface area is 301 Å². The van der Waals surface area contributed by atoms with E-state index in [1.165, 1.54) is 81.8 Å². The van der Waals surface area contributed by atoms with Crippen LogP contribution in [0, 0.1) is 5.92 Å². The van der Waals surface area contributed by atoms with Crippen LogP contribution in [0.5, 0.6) is 5.75 Å². The fourth-order valence-electron chi connectivity index (χ4n) is 9.50. The molecule has 268 valence electrons. The number of ether oxygens (including phenoxy) is 2. The smallest absolute Gasteiger partial charge is 0.343 e. The largest absolute Gasteiger partial charge is 0.456 e. The highest BCUT2D eigenvalue weighted by Gasteiger charge is 2.35. The van der Waals surface area contributed by atoms with Gasteiger partial charge < -0.3 is 9.47 Å². The summed E-state index contributed by atoms with van der Waals surface area (Å²) in [7, 11) is 0. The second-order valence-corrected chi connectivity index (χ2v) is 16.7. The van der Waals surface area contributed by atoms with E-state index in [0.29, 0.717) is 28.7 Å². The molecule has 0 N–H and O–H groups in total. The molecule has 3 aromatic carbocycles. The predicted octanol–water partition coefficient (Wildman–Crippen LogP) is 12.4. The summed E-state index contributed by atoms with van der Waals surface area (Å²) in [4.78, 5) is 26.6. The van der Waals surface area contributed by atoms with Crippen LogP contribution < -0.4 is 4.74 Å². The summed E-state index contributed by atoms with van der Waals surface area (Å²) in [6.45, 7) is 10.8. The van der Waals surface area contributed by atoms with Gasteiger partial charge in [-0.05, 0) is 160 Å². The molecule has 0 amide bonds. The average molecular weight is 677 g/mol. The lowest BCUT2D eigenvalue weighted by atomic mass is 9.71. The van der Waals surface area contributed by atoms with E-state index in [9.17, 15) is 9.59 Å². The highest BCUT2D eigenvalue weighted by molar-refractivity contribution is 5.96. The third-order valence-corrected chi connectivity index (χ3v) is 12.2. The van der Waals surface area contributed by atoms with Crippen molar-refractivity contribution < 1.29 is 19.1 Å². The van der Waals surface area contributed by atoms with Crippen LogP contribution in [0.2, 0.25) is 0 Å². The van der Waals surface area contributed by atoms with Crippen molar-refractivity contribution in [2.24, 2.45) is 5.92 Å². The number of hydrogen-bond donors (Lipinski definition) is 0. The van der Waals surface area contributed by atoms with Gasteiger partial charge in [-0.2, -0.15) is 0 Å². The molecule has 7 rings (SSSR count). The Morgan fingerprint density at radius 2 is 1.40 bits per heavy atom. The Hall–Kier alpha value is -3.40. The molecular formula is C46H60O4. The molecule has 4 aliphatic rings. The maximum absolute atomic E-state index is 13.6. The molecule has 0 aromatic heterocycles. The van der Waals surface area contributed by atoms with Crippen LogP contribution in [0.4, 0.5) is 0 Å². The standard InChI is InChI=1S/C46H60O4/c1-6-25-45(3,4)50-44(48)38-15-11-14-37(31-38)43(47)49-42-23-19-34(30-40(42)35-12-9-8-10-13-35)28-33-18-22-41-39(29-33)36-20-16-32(17-21-36)24-27-46(41,5)26-7-2/h11,14-15,18-19,22-23,29-32,35-36H,6-10,12-13,16-17,20-21,24-28H2,1-5H3. The van der Waals surface area contributed by atoms with Gasteiger partial charge in [0.15, 0.2) is 0 Å². The van der Waals surface area contributed by atoms with E-state index < -0.39 is 17.5 Å². The van der Waals surface area contributed by atoms with Gasteiger partial charge in [-0.15, -0.1) is 0 Å². The van der Waals surface area contributed by atoms with Crippen molar-refractivity contribution in [2.45, 2.75) is 160 Å². The quantitative estimate of drug-likeness (QED) is 0.150. The molecular weight excluding hydrogens is 617 g/mol. The molecule has 0 aliphatic heterocycles. The van der Waals surface area contributed by atoms with Crippen molar-refractivity contribution in [3.63, 3.8) is 0 Å². The van der Waals surface area contributed by atoms with Crippen LogP contribution in [-0.2, 0) is 16.6 Å². The van der Waals surface area contributed by atoms with Gasteiger partial charge in [0.25, 0.3) is 0 Å². The molecule has 4 heteroatoms. The van der Waals surface area contributed by atoms with E-state index in [-0.39, 0.29) is 5.41 Å². The molecule has 1 unspecified atom stereocenters. The first-order valence-electron chi connectivity index (χ1n) is 19.9. The van der Waals surface area contributed by atoms with Crippen LogP contribution in [0.25, 0.3) is 0 Å². The van der Waals surface area contributed by atoms with Crippen LogP contribution in [0.15, 0.2) is 60.7 Å². The van der Waals surface area contributed by atoms with Gasteiger partial charge >= 0.3 is 11.9 Å². The van der Waals surface area contributed by atoms with Crippen molar-refractivity contribution in [1.82, 2.24) is 0 Å². The van der Waals surface area contributed by atoms with Gasteiger partial charge in [0, 0.05) is 0 Å². The summed E-state index contributed by atoms with van der Waals surface area (Å²) >= 11 is 0. The normalized spacial score (nSPS) is 22.6. The Balaban J connectivity index is 1.25. The molecule has 4 aliphatic carbocycles. The number of rotatable bonds is 11. The van der Waals surface area contributed by atoms with Gasteiger partial charge in [-0.1, -0.05) is 89.3 Å². The maximum atomic E-state index is 13.6. The third kappa shape index (κ3) is 8.55. The highest BCUT2D eigenvalue weighted by Crippen LogP contribution is 2.48. The Morgan fingerprint density at radius 3 is 2.10 bits per heavy atom. The number of carbonyl (C=O) groups excluding carboxylic acids is 2. The van der Waals surface area contributed by atoms with E-state index >= 15 is 0 Å². The van der Waals surface area contributed by atoms with Gasteiger partial charge in [0.05, 0.1) is 11.1 Å². The average Bonchev–Trinajstić information content (AvgIpc) is 3.20. The zero-order valence-electron chi connectivity index (χ0n) is 31.5. The van der Waals surface area contributed by atoms with Crippen LogP contribution >= 0.6 is 0 Å². The molecule has 0 saturated heterocycles. The predicted molar refractivity (Wildman–Crippen MR) is 204 cm³/mol. The third-order valence-electron chi connectivity index (χ3n) is 12.2. The van der Waals surface area contributed by atoms with E-state index in [1.807, 2.05) is 19.9 Å². The van der Waals surface area contributed by atoms with Gasteiger partial charge in [-0.3, -0.25) is 0 Å². The zero-order chi connectivity index (χ0) is 35.3. The van der Waals surface area contributed by atoms with E-state index in [2.05, 4.69) is 51.1 Å². The lowest BCUT2D eigenvalue weighted by Gasteiger charge is -2.33. The Morgan fingerprint density at radius 1 is 0.740 bits per heavy atom. The molecule has 0 spiro atoms. The summed E-state index contributed by atoms with van der Waals surface area (Å²) in [6, 6.07) is 20.7. The number of benzene rings is 3. The summed E-state index contributed by atoms with van der Waals surface area (Å²) < 4.78 is 11.9. The minimum absolute atomic E-state index is 0.263. The molecule has 0 radical (unpaired) electrons. The van der Waals surface area contributed by atoms with E-state index in [0.717, 1.165) is 43.6 Å². The second kappa shape index (κ2) is 15.9. The first-order chi connectivity index (χ1) is 24.1. The molecule has 50 heavy (non-hydrogen) atoms.